The molecule has 1 aromatic carbocycles. The average molecular weight is 253 g/mol. The second-order valence-electron chi connectivity index (χ2n) is 4.00. The van der Waals surface area contributed by atoms with Gasteiger partial charge in [-0.3, -0.25) is 4.79 Å². The van der Waals surface area contributed by atoms with E-state index in [0.29, 0.717) is 17.2 Å². The van der Waals surface area contributed by atoms with E-state index in [1.807, 2.05) is 13.8 Å². The standard InChI is InChI=1S/C13H19NO4/c1-9(2)14-12(15)8-18-11-7-5-6-10(16-3)13(11)17-4/h5-7,9H,8H2,1-4H3,(H,14,15). The van der Waals surface area contributed by atoms with E-state index in [4.69, 9.17) is 14.2 Å². The Bertz CT molecular complexity index is 404. The van der Waals surface area contributed by atoms with E-state index in [1.165, 1.54) is 7.11 Å². The lowest BCUT2D eigenvalue weighted by atomic mass is 10.3. The highest BCUT2D eigenvalue weighted by molar-refractivity contribution is 5.77. The number of benzene rings is 1. The summed E-state index contributed by atoms with van der Waals surface area (Å²) in [6.45, 7) is 3.73. The van der Waals surface area contributed by atoms with Crippen LogP contribution in [0.4, 0.5) is 0 Å². The molecule has 0 aliphatic rings. The summed E-state index contributed by atoms with van der Waals surface area (Å²) in [5.41, 5.74) is 0. The summed E-state index contributed by atoms with van der Waals surface area (Å²) in [5, 5.41) is 2.74. The number of para-hydroxylation sites is 1. The molecule has 1 N–H and O–H groups in total. The van der Waals surface area contributed by atoms with Gasteiger partial charge in [0, 0.05) is 6.04 Å². The molecule has 0 atom stereocenters. The van der Waals surface area contributed by atoms with Crippen molar-refractivity contribution in [1.82, 2.24) is 5.32 Å². The molecule has 0 saturated heterocycles. The Kier molecular flexibility index (Phi) is 5.30. The molecule has 5 nitrogen and oxygen atoms in total. The van der Waals surface area contributed by atoms with Crippen LogP contribution in [0.3, 0.4) is 0 Å². The van der Waals surface area contributed by atoms with E-state index in [1.54, 1.807) is 25.3 Å². The molecular formula is C13H19NO4. The summed E-state index contributed by atoms with van der Waals surface area (Å²) in [5.74, 6) is 1.36. The third kappa shape index (κ3) is 3.84. The predicted octanol–water partition coefficient (Wildman–Crippen LogP) is 1.61. The third-order valence-electron chi connectivity index (χ3n) is 2.18. The van der Waals surface area contributed by atoms with Crippen LogP contribution in [-0.2, 0) is 4.79 Å². The van der Waals surface area contributed by atoms with Crippen LogP contribution in [0.25, 0.3) is 0 Å². The average Bonchev–Trinajstić information content (AvgIpc) is 2.34. The van der Waals surface area contributed by atoms with Gasteiger partial charge in [0.2, 0.25) is 5.75 Å². The van der Waals surface area contributed by atoms with E-state index in [0.717, 1.165) is 0 Å². The Hall–Kier alpha value is -1.91. The lowest BCUT2D eigenvalue weighted by Gasteiger charge is -2.14. The fourth-order valence-electron chi connectivity index (χ4n) is 1.48. The summed E-state index contributed by atoms with van der Waals surface area (Å²) >= 11 is 0. The van der Waals surface area contributed by atoms with Crippen LogP contribution in [0.15, 0.2) is 18.2 Å². The van der Waals surface area contributed by atoms with Crippen molar-refractivity contribution in [2.24, 2.45) is 0 Å². The minimum absolute atomic E-state index is 0.0539. The van der Waals surface area contributed by atoms with Crippen molar-refractivity contribution in [1.29, 1.82) is 0 Å². The quantitative estimate of drug-likeness (QED) is 0.836. The fraction of sp³-hybridized carbons (Fsp3) is 0.462. The van der Waals surface area contributed by atoms with Gasteiger partial charge >= 0.3 is 0 Å². The van der Waals surface area contributed by atoms with E-state index < -0.39 is 0 Å². The van der Waals surface area contributed by atoms with Gasteiger partial charge in [-0.15, -0.1) is 0 Å². The van der Waals surface area contributed by atoms with Gasteiger partial charge in [0.1, 0.15) is 0 Å². The highest BCUT2D eigenvalue weighted by Crippen LogP contribution is 2.36. The van der Waals surface area contributed by atoms with Crippen molar-refractivity contribution >= 4 is 5.91 Å². The number of nitrogens with one attached hydrogen (secondary N) is 1. The van der Waals surface area contributed by atoms with Crippen molar-refractivity contribution in [2.45, 2.75) is 19.9 Å². The van der Waals surface area contributed by atoms with Gasteiger partial charge in [0.05, 0.1) is 14.2 Å². The molecule has 0 spiro atoms. The topological polar surface area (TPSA) is 56.8 Å². The van der Waals surface area contributed by atoms with Gasteiger partial charge in [-0.2, -0.15) is 0 Å². The molecule has 1 amide bonds. The van der Waals surface area contributed by atoms with Crippen LogP contribution in [0.1, 0.15) is 13.8 Å². The molecule has 0 aliphatic carbocycles. The number of hydrogen-bond acceptors (Lipinski definition) is 4. The predicted molar refractivity (Wildman–Crippen MR) is 68.3 cm³/mol. The van der Waals surface area contributed by atoms with Crippen molar-refractivity contribution < 1.29 is 19.0 Å². The lowest BCUT2D eigenvalue weighted by Crippen LogP contribution is -2.34. The van der Waals surface area contributed by atoms with E-state index in [2.05, 4.69) is 5.32 Å². The van der Waals surface area contributed by atoms with E-state index in [-0.39, 0.29) is 18.6 Å². The van der Waals surface area contributed by atoms with Gasteiger partial charge in [0.25, 0.3) is 5.91 Å². The number of amides is 1. The first-order chi connectivity index (χ1) is 8.58. The molecule has 0 heterocycles. The Balaban J connectivity index is 2.70. The summed E-state index contributed by atoms with van der Waals surface area (Å²) in [4.78, 5) is 11.5. The Labute approximate surface area is 107 Å². The van der Waals surface area contributed by atoms with Gasteiger partial charge in [0.15, 0.2) is 18.1 Å². The second-order valence-corrected chi connectivity index (χ2v) is 4.00. The van der Waals surface area contributed by atoms with Gasteiger partial charge < -0.3 is 19.5 Å². The van der Waals surface area contributed by atoms with Gasteiger partial charge in [-0.25, -0.2) is 0 Å². The zero-order valence-corrected chi connectivity index (χ0v) is 11.1. The Morgan fingerprint density at radius 3 is 2.44 bits per heavy atom. The van der Waals surface area contributed by atoms with Crippen molar-refractivity contribution in [3.05, 3.63) is 18.2 Å². The van der Waals surface area contributed by atoms with Gasteiger partial charge in [-0.05, 0) is 26.0 Å². The van der Waals surface area contributed by atoms with Crippen molar-refractivity contribution in [3.8, 4) is 17.2 Å². The highest BCUT2D eigenvalue weighted by Gasteiger charge is 2.12. The summed E-state index contributed by atoms with van der Waals surface area (Å²) < 4.78 is 15.8. The first-order valence-electron chi connectivity index (χ1n) is 5.71. The number of carbonyl (C=O) groups excluding carboxylic acids is 1. The largest absolute Gasteiger partial charge is 0.493 e. The van der Waals surface area contributed by atoms with E-state index >= 15 is 0 Å². The fourth-order valence-corrected chi connectivity index (χ4v) is 1.48. The smallest absolute Gasteiger partial charge is 0.258 e. The summed E-state index contributed by atoms with van der Waals surface area (Å²) in [6, 6.07) is 5.36. The highest BCUT2D eigenvalue weighted by atomic mass is 16.5. The maximum absolute atomic E-state index is 11.5. The Morgan fingerprint density at radius 1 is 1.22 bits per heavy atom. The second kappa shape index (κ2) is 6.74. The maximum atomic E-state index is 11.5. The monoisotopic (exact) mass is 253 g/mol. The normalized spacial score (nSPS) is 10.1. The van der Waals surface area contributed by atoms with Crippen LogP contribution in [-0.4, -0.2) is 32.8 Å². The SMILES string of the molecule is COc1cccc(OCC(=O)NC(C)C)c1OC. The maximum Gasteiger partial charge on any atom is 0.258 e. The molecular weight excluding hydrogens is 234 g/mol. The first-order valence-corrected chi connectivity index (χ1v) is 5.71. The molecule has 100 valence electrons. The molecule has 0 unspecified atom stereocenters. The first kappa shape index (κ1) is 14.2. The van der Waals surface area contributed by atoms with Gasteiger partial charge in [-0.1, -0.05) is 6.07 Å². The minimum Gasteiger partial charge on any atom is -0.493 e. The molecule has 0 saturated carbocycles. The molecule has 1 aromatic rings. The number of rotatable bonds is 6. The molecule has 5 heteroatoms. The molecule has 0 bridgehead atoms. The number of carbonyl (C=O) groups is 1. The molecule has 0 aliphatic heterocycles. The van der Waals surface area contributed by atoms with Crippen LogP contribution in [0, 0.1) is 0 Å². The number of hydrogen-bond donors (Lipinski definition) is 1. The summed E-state index contributed by atoms with van der Waals surface area (Å²) in [7, 11) is 3.08. The zero-order chi connectivity index (χ0) is 13.5. The summed E-state index contributed by atoms with van der Waals surface area (Å²) in [6.07, 6.45) is 0. The minimum atomic E-state index is -0.171. The lowest BCUT2D eigenvalue weighted by molar-refractivity contribution is -0.123. The van der Waals surface area contributed by atoms with Crippen LogP contribution < -0.4 is 19.5 Å². The van der Waals surface area contributed by atoms with Crippen LogP contribution >= 0.6 is 0 Å². The molecule has 18 heavy (non-hydrogen) atoms. The zero-order valence-electron chi connectivity index (χ0n) is 11.1. The molecule has 0 fully saturated rings. The van der Waals surface area contributed by atoms with Crippen LogP contribution in [0.2, 0.25) is 0 Å². The van der Waals surface area contributed by atoms with E-state index in [9.17, 15) is 4.79 Å². The third-order valence-corrected chi connectivity index (χ3v) is 2.18. The molecule has 0 radical (unpaired) electrons. The van der Waals surface area contributed by atoms with Crippen molar-refractivity contribution in [3.63, 3.8) is 0 Å². The molecule has 0 aromatic heterocycles. The van der Waals surface area contributed by atoms with Crippen LogP contribution in [0.5, 0.6) is 17.2 Å². The molecule has 1 rings (SSSR count). The number of methoxy groups -OCH3 is 2. The Morgan fingerprint density at radius 2 is 1.89 bits per heavy atom. The number of ether oxygens (including phenoxy) is 3. The van der Waals surface area contributed by atoms with Crippen molar-refractivity contribution in [2.75, 3.05) is 20.8 Å².